The van der Waals surface area contributed by atoms with Gasteiger partial charge in [0.05, 0.1) is 12.4 Å². The van der Waals surface area contributed by atoms with Crippen LogP contribution in [0.4, 0.5) is 0 Å². The Labute approximate surface area is 69.1 Å². The van der Waals surface area contributed by atoms with Crippen LogP contribution in [0.15, 0.2) is 36.7 Å². The number of aromatic hydroxyl groups is 1. The summed E-state index contributed by atoms with van der Waals surface area (Å²) < 4.78 is 0. The molecule has 0 unspecified atom stereocenters. The van der Waals surface area contributed by atoms with E-state index in [0.29, 0.717) is 5.69 Å². The summed E-state index contributed by atoms with van der Waals surface area (Å²) in [6.45, 7) is 0. The molecule has 0 spiro atoms. The van der Waals surface area contributed by atoms with Crippen molar-refractivity contribution in [1.29, 1.82) is 0 Å². The van der Waals surface area contributed by atoms with Crippen molar-refractivity contribution < 1.29 is 5.11 Å². The first-order valence-electron chi connectivity index (χ1n) is 3.52. The average molecular weight is 161 g/mol. The lowest BCUT2D eigenvalue weighted by molar-refractivity contribution is 0.467. The zero-order chi connectivity index (χ0) is 8.39. The quantitative estimate of drug-likeness (QED) is 0.678. The van der Waals surface area contributed by atoms with Gasteiger partial charge >= 0.3 is 0 Å². The third-order valence-electron chi connectivity index (χ3n) is 1.52. The van der Waals surface area contributed by atoms with E-state index < -0.39 is 0 Å². The number of rotatable bonds is 1. The topological polar surface area (TPSA) is 50.9 Å². The Kier molecular flexibility index (Phi) is 1.51. The van der Waals surface area contributed by atoms with Gasteiger partial charge < -0.3 is 5.11 Å². The van der Waals surface area contributed by atoms with Gasteiger partial charge in [-0.1, -0.05) is 12.1 Å². The number of hydrogen-bond acceptors (Lipinski definition) is 3. The average Bonchev–Trinajstić information content (AvgIpc) is 2.57. The molecule has 0 amide bonds. The number of benzene rings is 1. The van der Waals surface area contributed by atoms with Crippen LogP contribution < -0.4 is 0 Å². The molecule has 4 heteroatoms. The molecule has 0 fully saturated rings. The van der Waals surface area contributed by atoms with Crippen LogP contribution in [0, 0.1) is 0 Å². The molecule has 0 atom stereocenters. The zero-order valence-corrected chi connectivity index (χ0v) is 6.25. The van der Waals surface area contributed by atoms with Crippen molar-refractivity contribution in [2.24, 2.45) is 0 Å². The summed E-state index contributed by atoms with van der Waals surface area (Å²) in [4.78, 5) is 1.37. The molecular weight excluding hydrogens is 154 g/mol. The van der Waals surface area contributed by atoms with Crippen molar-refractivity contribution in [3.63, 3.8) is 0 Å². The van der Waals surface area contributed by atoms with Crippen molar-refractivity contribution >= 4 is 0 Å². The van der Waals surface area contributed by atoms with E-state index in [4.69, 9.17) is 0 Å². The van der Waals surface area contributed by atoms with Gasteiger partial charge in [0.15, 0.2) is 0 Å². The van der Waals surface area contributed by atoms with E-state index in [2.05, 4.69) is 10.2 Å². The molecule has 0 radical (unpaired) electrons. The summed E-state index contributed by atoms with van der Waals surface area (Å²) in [5, 5.41) is 17.2. The summed E-state index contributed by atoms with van der Waals surface area (Å²) in [7, 11) is 0. The van der Waals surface area contributed by atoms with Crippen molar-refractivity contribution in [2.75, 3.05) is 0 Å². The van der Waals surface area contributed by atoms with E-state index in [1.807, 2.05) is 6.07 Å². The van der Waals surface area contributed by atoms with Crippen LogP contribution in [0.2, 0.25) is 0 Å². The molecule has 1 N–H and O–H groups in total. The monoisotopic (exact) mass is 161 g/mol. The van der Waals surface area contributed by atoms with Gasteiger partial charge in [-0.05, 0) is 12.1 Å². The van der Waals surface area contributed by atoms with Crippen molar-refractivity contribution in [3.8, 4) is 11.4 Å². The molecule has 0 saturated carbocycles. The van der Waals surface area contributed by atoms with Crippen LogP contribution >= 0.6 is 0 Å². The first-order chi connectivity index (χ1) is 5.88. The second-order valence-corrected chi connectivity index (χ2v) is 2.31. The number of hydrogen-bond donors (Lipinski definition) is 1. The van der Waals surface area contributed by atoms with Gasteiger partial charge in [-0.25, -0.2) is 0 Å². The fourth-order valence-corrected chi connectivity index (χ4v) is 0.973. The smallest absolute Gasteiger partial charge is 0.143 e. The highest BCUT2D eigenvalue weighted by molar-refractivity contribution is 5.43. The minimum Gasteiger partial charge on any atom is -0.506 e. The zero-order valence-electron chi connectivity index (χ0n) is 6.25. The Morgan fingerprint density at radius 3 is 2.42 bits per heavy atom. The molecule has 1 aromatic carbocycles. The predicted molar refractivity (Wildman–Crippen MR) is 43.0 cm³/mol. The van der Waals surface area contributed by atoms with Gasteiger partial charge in [-0.15, -0.1) is 4.80 Å². The normalized spacial score (nSPS) is 10.0. The van der Waals surface area contributed by atoms with Gasteiger partial charge in [-0.3, -0.25) is 0 Å². The molecule has 1 aromatic heterocycles. The van der Waals surface area contributed by atoms with Gasteiger partial charge in [-0.2, -0.15) is 10.2 Å². The molecule has 4 nitrogen and oxygen atoms in total. The maximum Gasteiger partial charge on any atom is 0.143 e. The highest BCUT2D eigenvalue weighted by Crippen LogP contribution is 2.17. The Morgan fingerprint density at radius 1 is 1.08 bits per heavy atom. The molecule has 0 saturated heterocycles. The fraction of sp³-hybridized carbons (Fsp3) is 0. The SMILES string of the molecule is Oc1ccccc1-n1nccn1. The Balaban J connectivity index is 2.55. The second kappa shape index (κ2) is 2.65. The van der Waals surface area contributed by atoms with Gasteiger partial charge in [0.25, 0.3) is 0 Å². The highest BCUT2D eigenvalue weighted by Gasteiger charge is 2.01. The molecule has 0 aliphatic rings. The number of phenolic OH excluding ortho intramolecular Hbond substituents is 1. The van der Waals surface area contributed by atoms with Gasteiger partial charge in [0.1, 0.15) is 11.4 Å². The maximum absolute atomic E-state index is 9.38. The van der Waals surface area contributed by atoms with Crippen LogP contribution in [0.3, 0.4) is 0 Å². The molecule has 0 aliphatic heterocycles. The van der Waals surface area contributed by atoms with Crippen LogP contribution in [0.5, 0.6) is 5.75 Å². The van der Waals surface area contributed by atoms with E-state index in [1.165, 1.54) is 4.80 Å². The standard InChI is InChI=1S/C8H7N3O/c12-8-4-2-1-3-7(8)11-9-5-6-10-11/h1-6,12H. The largest absolute Gasteiger partial charge is 0.506 e. The van der Waals surface area contributed by atoms with E-state index in [0.717, 1.165) is 0 Å². The van der Waals surface area contributed by atoms with E-state index >= 15 is 0 Å². The summed E-state index contributed by atoms with van der Waals surface area (Å²) >= 11 is 0. The Bertz CT molecular complexity index is 370. The summed E-state index contributed by atoms with van der Waals surface area (Å²) in [5.74, 6) is 0.175. The van der Waals surface area contributed by atoms with Crippen molar-refractivity contribution in [3.05, 3.63) is 36.7 Å². The third kappa shape index (κ3) is 1.03. The summed E-state index contributed by atoms with van der Waals surface area (Å²) in [5.41, 5.74) is 0.586. The summed E-state index contributed by atoms with van der Waals surface area (Å²) in [6.07, 6.45) is 3.12. The van der Waals surface area contributed by atoms with E-state index in [9.17, 15) is 5.11 Å². The lowest BCUT2D eigenvalue weighted by Crippen LogP contribution is -1.97. The van der Waals surface area contributed by atoms with Crippen molar-refractivity contribution in [2.45, 2.75) is 0 Å². The van der Waals surface area contributed by atoms with Crippen LogP contribution in [-0.4, -0.2) is 20.1 Å². The van der Waals surface area contributed by atoms with Gasteiger partial charge in [0, 0.05) is 0 Å². The third-order valence-corrected chi connectivity index (χ3v) is 1.52. The predicted octanol–water partition coefficient (Wildman–Crippen LogP) is 0.973. The van der Waals surface area contributed by atoms with Crippen LogP contribution in [0.25, 0.3) is 5.69 Å². The Morgan fingerprint density at radius 2 is 1.75 bits per heavy atom. The molecule has 2 aromatic rings. The maximum atomic E-state index is 9.38. The van der Waals surface area contributed by atoms with E-state index in [-0.39, 0.29) is 5.75 Å². The van der Waals surface area contributed by atoms with Gasteiger partial charge in [0.2, 0.25) is 0 Å². The fourth-order valence-electron chi connectivity index (χ4n) is 0.973. The second-order valence-electron chi connectivity index (χ2n) is 2.31. The van der Waals surface area contributed by atoms with Crippen LogP contribution in [-0.2, 0) is 0 Å². The first-order valence-corrected chi connectivity index (χ1v) is 3.52. The molecular formula is C8H7N3O. The minimum absolute atomic E-state index is 0.175. The molecule has 1 heterocycles. The minimum atomic E-state index is 0.175. The van der Waals surface area contributed by atoms with Crippen LogP contribution in [0.1, 0.15) is 0 Å². The molecule has 12 heavy (non-hydrogen) atoms. The number of para-hydroxylation sites is 2. The molecule has 60 valence electrons. The van der Waals surface area contributed by atoms with E-state index in [1.54, 1.807) is 30.6 Å². The molecule has 2 rings (SSSR count). The first kappa shape index (κ1) is 6.84. The Hall–Kier alpha value is -1.84. The lowest BCUT2D eigenvalue weighted by Gasteiger charge is -2.00. The lowest BCUT2D eigenvalue weighted by atomic mass is 10.3. The highest BCUT2D eigenvalue weighted by atomic mass is 16.3. The number of nitrogens with zero attached hydrogens (tertiary/aromatic N) is 3. The number of phenols is 1. The summed E-state index contributed by atoms with van der Waals surface area (Å²) in [6, 6.07) is 6.91. The molecule has 0 aliphatic carbocycles. The molecule has 0 bridgehead atoms. The number of aromatic nitrogens is 3. The van der Waals surface area contributed by atoms with Crippen molar-refractivity contribution in [1.82, 2.24) is 15.0 Å².